The van der Waals surface area contributed by atoms with Crippen molar-refractivity contribution >= 4 is 33.1 Å². The Balaban J connectivity index is 1.50. The van der Waals surface area contributed by atoms with Gasteiger partial charge < -0.3 is 9.64 Å². The summed E-state index contributed by atoms with van der Waals surface area (Å²) < 4.78 is 37.4. The molecule has 8 nitrogen and oxygen atoms in total. The van der Waals surface area contributed by atoms with Gasteiger partial charge >= 0.3 is 0 Å². The maximum atomic E-state index is 12.8. The summed E-state index contributed by atoms with van der Waals surface area (Å²) in [6.07, 6.45) is 7.03. The normalized spacial score (nSPS) is 18.6. The van der Waals surface area contributed by atoms with Gasteiger partial charge in [0.1, 0.15) is 0 Å². The van der Waals surface area contributed by atoms with Gasteiger partial charge in [-0.25, -0.2) is 0 Å². The smallest absolute Gasteiger partial charge is 0.294 e. The number of para-hydroxylation sites is 2. The lowest BCUT2D eigenvalue weighted by atomic mass is 10.1. The molecule has 0 spiro atoms. The van der Waals surface area contributed by atoms with Crippen molar-refractivity contribution < 1.29 is 22.5 Å². The van der Waals surface area contributed by atoms with Crippen molar-refractivity contribution in [3.8, 4) is 5.75 Å². The summed E-state index contributed by atoms with van der Waals surface area (Å²) in [7, 11) is -4.30. The second-order valence-electron chi connectivity index (χ2n) is 7.06. The molecule has 2 aliphatic heterocycles. The van der Waals surface area contributed by atoms with Crippen molar-refractivity contribution in [2.75, 3.05) is 16.5 Å². The second kappa shape index (κ2) is 8.45. The van der Waals surface area contributed by atoms with Crippen molar-refractivity contribution in [1.29, 1.82) is 0 Å². The number of rotatable bonds is 5. The molecule has 0 radical (unpaired) electrons. The monoisotopic (exact) mass is 451 g/mol. The average molecular weight is 452 g/mol. The predicted octanol–water partition coefficient (Wildman–Crippen LogP) is 3.90. The van der Waals surface area contributed by atoms with Gasteiger partial charge in [0.15, 0.2) is 5.75 Å². The van der Waals surface area contributed by atoms with Gasteiger partial charge in [-0.05, 0) is 62.4 Å². The van der Waals surface area contributed by atoms with Gasteiger partial charge in [-0.3, -0.25) is 9.35 Å². The van der Waals surface area contributed by atoms with Crippen LogP contribution in [0.25, 0.3) is 0 Å². The molecule has 0 saturated heterocycles. The summed E-state index contributed by atoms with van der Waals surface area (Å²) in [5.74, 6) is 1.17. The van der Waals surface area contributed by atoms with E-state index >= 15 is 0 Å². The zero-order chi connectivity index (χ0) is 22.9. The van der Waals surface area contributed by atoms with Gasteiger partial charge in [-0.1, -0.05) is 24.3 Å². The molecule has 164 valence electrons. The van der Waals surface area contributed by atoms with Crippen LogP contribution < -0.4 is 14.6 Å². The number of carbonyl (C=O) groups excluding carboxylic acids is 1. The zero-order valence-electron chi connectivity index (χ0n) is 17.5. The third-order valence-electron chi connectivity index (χ3n) is 5.01. The van der Waals surface area contributed by atoms with E-state index in [1.807, 2.05) is 37.3 Å². The summed E-state index contributed by atoms with van der Waals surface area (Å²) in [6, 6.07) is 13.1. The summed E-state index contributed by atoms with van der Waals surface area (Å²) in [6.45, 7) is 4.52. The quantitative estimate of drug-likeness (QED) is 0.547. The predicted molar refractivity (Wildman–Crippen MR) is 122 cm³/mol. The Labute approximate surface area is 186 Å². The van der Waals surface area contributed by atoms with E-state index in [0.29, 0.717) is 22.9 Å². The lowest BCUT2D eigenvalue weighted by molar-refractivity contribution is -0.114. The van der Waals surface area contributed by atoms with Crippen LogP contribution >= 0.6 is 0 Å². The number of benzene rings is 2. The van der Waals surface area contributed by atoms with E-state index in [0.717, 1.165) is 18.0 Å². The van der Waals surface area contributed by atoms with Gasteiger partial charge in [-0.2, -0.15) is 18.5 Å². The Hall–Kier alpha value is -3.69. The number of carbonyl (C=O) groups is 1. The third-order valence-corrected chi connectivity index (χ3v) is 5.88. The fraction of sp³-hybridized carbons (Fsp3) is 0.130. The molecule has 2 aliphatic rings. The third kappa shape index (κ3) is 4.08. The first-order valence-corrected chi connectivity index (χ1v) is 11.3. The molecule has 0 atom stereocenters. The van der Waals surface area contributed by atoms with Crippen LogP contribution in [0.15, 0.2) is 94.3 Å². The largest absolute Gasteiger partial charge is 0.439 e. The molecule has 4 rings (SSSR count). The summed E-state index contributed by atoms with van der Waals surface area (Å²) in [5, 5.41) is 5.45. The lowest BCUT2D eigenvalue weighted by Gasteiger charge is -2.14. The zero-order valence-corrected chi connectivity index (χ0v) is 18.3. The number of anilines is 2. The van der Waals surface area contributed by atoms with E-state index in [1.54, 1.807) is 25.2 Å². The maximum Gasteiger partial charge on any atom is 0.294 e. The van der Waals surface area contributed by atoms with Crippen LogP contribution in [0.4, 0.5) is 11.4 Å². The molecule has 0 aliphatic carbocycles. The molecule has 2 heterocycles. The van der Waals surface area contributed by atoms with Crippen LogP contribution in [0.3, 0.4) is 0 Å². The van der Waals surface area contributed by atoms with Gasteiger partial charge in [0, 0.05) is 6.54 Å². The van der Waals surface area contributed by atoms with Crippen LogP contribution in [0, 0.1) is 0 Å². The second-order valence-corrected chi connectivity index (χ2v) is 8.48. The molecule has 1 amide bonds. The standard InChI is InChI=1S/C23H21N3O5S/c1-3-25-20-9-5-6-10-21(20)31-22(25)11-7-4-8-19-16(2)24-26(23(19)27)17-12-14-18(15-13-17)32(28,29)30/h4-15H,3H2,1-2H3,(H,28,29,30)/b7-4+,19-8-,22-11+. The highest BCUT2D eigenvalue weighted by Crippen LogP contribution is 2.38. The van der Waals surface area contributed by atoms with E-state index in [1.165, 1.54) is 29.3 Å². The van der Waals surface area contributed by atoms with Crippen molar-refractivity contribution in [3.05, 3.63) is 84.3 Å². The number of amides is 1. The highest BCUT2D eigenvalue weighted by Gasteiger charge is 2.28. The van der Waals surface area contributed by atoms with Crippen LogP contribution in [-0.2, 0) is 14.9 Å². The number of hydrazone groups is 1. The fourth-order valence-electron chi connectivity index (χ4n) is 3.44. The molecule has 0 aromatic heterocycles. The SMILES string of the molecule is CCN1\C(=C/C=C/C=C2\C(=O)N(c3ccc(S(=O)(=O)O)cc3)N=C2C)Oc2ccccc21. The van der Waals surface area contributed by atoms with Crippen molar-refractivity contribution in [2.45, 2.75) is 18.7 Å². The Bertz CT molecular complexity index is 1290. The van der Waals surface area contributed by atoms with Crippen molar-refractivity contribution in [2.24, 2.45) is 5.10 Å². The molecule has 0 unspecified atom stereocenters. The van der Waals surface area contributed by atoms with Crippen LogP contribution in [0.2, 0.25) is 0 Å². The minimum absolute atomic E-state index is 0.252. The topological polar surface area (TPSA) is 99.5 Å². The highest BCUT2D eigenvalue weighted by atomic mass is 32.2. The number of allylic oxidation sites excluding steroid dienone is 4. The molecule has 0 saturated carbocycles. The molecule has 0 fully saturated rings. The Morgan fingerprint density at radius 3 is 2.44 bits per heavy atom. The Morgan fingerprint density at radius 1 is 1.06 bits per heavy atom. The molecular weight excluding hydrogens is 430 g/mol. The molecule has 9 heteroatoms. The van der Waals surface area contributed by atoms with Crippen molar-refractivity contribution in [3.63, 3.8) is 0 Å². The van der Waals surface area contributed by atoms with E-state index in [2.05, 4.69) is 10.0 Å². The number of fused-ring (bicyclic) bond motifs is 1. The highest BCUT2D eigenvalue weighted by molar-refractivity contribution is 7.85. The lowest BCUT2D eigenvalue weighted by Crippen LogP contribution is -2.21. The number of ether oxygens (including phenoxy) is 1. The number of hydrogen-bond donors (Lipinski definition) is 1. The van der Waals surface area contributed by atoms with Crippen LogP contribution in [0.5, 0.6) is 5.75 Å². The number of hydrogen-bond acceptors (Lipinski definition) is 6. The summed E-state index contributed by atoms with van der Waals surface area (Å²) in [5.41, 5.74) is 2.36. The first-order chi connectivity index (χ1) is 15.3. The first kappa shape index (κ1) is 21.5. The van der Waals surface area contributed by atoms with Gasteiger partial charge in [0.2, 0.25) is 5.88 Å². The van der Waals surface area contributed by atoms with Crippen molar-refractivity contribution in [1.82, 2.24) is 0 Å². The minimum Gasteiger partial charge on any atom is -0.439 e. The van der Waals surface area contributed by atoms with Gasteiger partial charge in [0.25, 0.3) is 16.0 Å². The van der Waals surface area contributed by atoms with E-state index in [-0.39, 0.29) is 10.8 Å². The maximum absolute atomic E-state index is 12.8. The molecule has 1 N–H and O–H groups in total. The number of nitrogens with zero attached hydrogens (tertiary/aromatic N) is 3. The summed E-state index contributed by atoms with van der Waals surface area (Å²) in [4.78, 5) is 14.6. The van der Waals surface area contributed by atoms with Gasteiger partial charge in [-0.15, -0.1) is 0 Å². The molecular formula is C23H21N3O5S. The minimum atomic E-state index is -4.30. The Morgan fingerprint density at radius 2 is 1.75 bits per heavy atom. The molecule has 2 aromatic rings. The van der Waals surface area contributed by atoms with E-state index in [9.17, 15) is 13.2 Å². The van der Waals surface area contributed by atoms with Gasteiger partial charge in [0.05, 0.1) is 27.6 Å². The Kier molecular flexibility index (Phi) is 5.68. The molecule has 2 aromatic carbocycles. The fourth-order valence-corrected chi connectivity index (χ4v) is 3.92. The van der Waals surface area contributed by atoms with Crippen LogP contribution in [-0.4, -0.2) is 31.1 Å². The first-order valence-electron chi connectivity index (χ1n) is 9.90. The van der Waals surface area contributed by atoms with Crippen LogP contribution in [0.1, 0.15) is 13.8 Å². The average Bonchev–Trinajstić information content (AvgIpc) is 3.27. The van der Waals surface area contributed by atoms with E-state index in [4.69, 9.17) is 9.29 Å². The molecule has 0 bridgehead atoms. The van der Waals surface area contributed by atoms with E-state index < -0.39 is 10.1 Å². The summed E-state index contributed by atoms with van der Waals surface area (Å²) >= 11 is 0. The molecule has 32 heavy (non-hydrogen) atoms.